The van der Waals surface area contributed by atoms with Crippen molar-refractivity contribution in [1.29, 1.82) is 0 Å². The van der Waals surface area contributed by atoms with Gasteiger partial charge in [-0.15, -0.1) is 0 Å². The van der Waals surface area contributed by atoms with Crippen molar-refractivity contribution in [3.05, 3.63) is 0 Å². The van der Waals surface area contributed by atoms with Crippen LogP contribution in [0.25, 0.3) is 0 Å². The number of carboxylic acid groups (broad SMARTS) is 1. The van der Waals surface area contributed by atoms with Gasteiger partial charge in [-0.05, 0) is 25.5 Å². The van der Waals surface area contributed by atoms with Gasteiger partial charge in [0.2, 0.25) is 0 Å². The smallest absolute Gasteiger partial charge is 0.329 e. The first-order valence-corrected chi connectivity index (χ1v) is 7.25. The van der Waals surface area contributed by atoms with Crippen LogP contribution < -0.4 is 5.32 Å². The third-order valence-corrected chi connectivity index (χ3v) is 3.91. The SMILES string of the molecule is CCC1(C(=O)O)CCCN1C(=O)NCCSC. The normalized spacial score (nSPS) is 23.8. The first kappa shape index (κ1) is 14.2. The summed E-state index contributed by atoms with van der Waals surface area (Å²) in [5.41, 5.74) is -0.997. The molecular formula is C11H20N2O3S. The van der Waals surface area contributed by atoms with Crippen molar-refractivity contribution in [3.63, 3.8) is 0 Å². The number of thioether (sulfide) groups is 1. The minimum atomic E-state index is -0.997. The number of carboxylic acids is 1. The van der Waals surface area contributed by atoms with Crippen LogP contribution in [-0.2, 0) is 4.79 Å². The maximum atomic E-state index is 11.9. The predicted octanol–water partition coefficient (Wildman–Crippen LogP) is 1.39. The molecule has 1 unspecified atom stereocenters. The molecule has 1 aliphatic rings. The van der Waals surface area contributed by atoms with Gasteiger partial charge in [-0.25, -0.2) is 9.59 Å². The lowest BCUT2D eigenvalue weighted by Crippen LogP contribution is -2.55. The van der Waals surface area contributed by atoms with E-state index in [1.165, 1.54) is 4.90 Å². The second-order valence-corrected chi connectivity index (χ2v) is 5.16. The monoisotopic (exact) mass is 260 g/mol. The van der Waals surface area contributed by atoms with Gasteiger partial charge in [-0.2, -0.15) is 11.8 Å². The van der Waals surface area contributed by atoms with Gasteiger partial charge in [0.25, 0.3) is 0 Å². The number of likely N-dealkylation sites (tertiary alicyclic amines) is 1. The van der Waals surface area contributed by atoms with Gasteiger partial charge >= 0.3 is 12.0 Å². The zero-order valence-electron chi connectivity index (χ0n) is 10.4. The van der Waals surface area contributed by atoms with E-state index in [4.69, 9.17) is 0 Å². The number of hydrogen-bond donors (Lipinski definition) is 2. The van der Waals surface area contributed by atoms with Gasteiger partial charge in [0.15, 0.2) is 0 Å². The van der Waals surface area contributed by atoms with Crippen LogP contribution in [0.15, 0.2) is 0 Å². The highest BCUT2D eigenvalue weighted by Gasteiger charge is 2.48. The number of carbonyl (C=O) groups excluding carboxylic acids is 1. The summed E-state index contributed by atoms with van der Waals surface area (Å²) in [5.74, 6) is -0.0521. The standard InChI is InChI=1S/C11H20N2O3S/c1-3-11(9(14)15)5-4-7-13(11)10(16)12-6-8-17-2/h3-8H2,1-2H3,(H,12,16)(H,14,15). The highest BCUT2D eigenvalue weighted by molar-refractivity contribution is 7.98. The zero-order chi connectivity index (χ0) is 12.9. The van der Waals surface area contributed by atoms with Gasteiger partial charge in [0, 0.05) is 18.8 Å². The molecule has 0 aromatic rings. The Balaban J connectivity index is 2.67. The molecule has 0 aromatic heterocycles. The van der Waals surface area contributed by atoms with Crippen molar-refractivity contribution < 1.29 is 14.7 Å². The predicted molar refractivity (Wildman–Crippen MR) is 68.4 cm³/mol. The third kappa shape index (κ3) is 2.86. The van der Waals surface area contributed by atoms with Crippen molar-refractivity contribution >= 4 is 23.8 Å². The molecule has 0 radical (unpaired) electrons. The average Bonchev–Trinajstić information content (AvgIpc) is 2.74. The Kier molecular flexibility index (Phi) is 5.11. The summed E-state index contributed by atoms with van der Waals surface area (Å²) >= 11 is 1.65. The molecule has 1 rings (SSSR count). The molecule has 0 bridgehead atoms. The highest BCUT2D eigenvalue weighted by atomic mass is 32.2. The minimum absolute atomic E-state index is 0.249. The fourth-order valence-electron chi connectivity index (χ4n) is 2.27. The molecule has 17 heavy (non-hydrogen) atoms. The summed E-state index contributed by atoms with van der Waals surface area (Å²) < 4.78 is 0. The van der Waals surface area contributed by atoms with E-state index in [0.717, 1.165) is 12.2 Å². The molecule has 1 saturated heterocycles. The number of rotatable bonds is 5. The topological polar surface area (TPSA) is 69.6 Å². The summed E-state index contributed by atoms with van der Waals surface area (Å²) in [6, 6.07) is -0.249. The van der Waals surface area contributed by atoms with Crippen molar-refractivity contribution in [2.24, 2.45) is 0 Å². The fourth-order valence-corrected chi connectivity index (χ4v) is 2.58. The number of amides is 2. The van der Waals surface area contributed by atoms with Crippen LogP contribution >= 0.6 is 11.8 Å². The van der Waals surface area contributed by atoms with E-state index < -0.39 is 11.5 Å². The van der Waals surface area contributed by atoms with Gasteiger partial charge in [-0.1, -0.05) is 6.92 Å². The highest BCUT2D eigenvalue weighted by Crippen LogP contribution is 2.32. The average molecular weight is 260 g/mol. The van der Waals surface area contributed by atoms with Crippen molar-refractivity contribution in [2.75, 3.05) is 25.1 Å². The number of carbonyl (C=O) groups is 2. The Bertz CT molecular complexity index is 298. The largest absolute Gasteiger partial charge is 0.479 e. The first-order chi connectivity index (χ1) is 8.08. The third-order valence-electron chi connectivity index (χ3n) is 3.30. The quantitative estimate of drug-likeness (QED) is 0.733. The van der Waals surface area contributed by atoms with E-state index in [1.807, 2.05) is 13.2 Å². The van der Waals surface area contributed by atoms with Crippen LogP contribution in [0.3, 0.4) is 0 Å². The summed E-state index contributed by atoms with van der Waals surface area (Å²) in [6.45, 7) is 2.93. The molecule has 0 aliphatic carbocycles. The lowest BCUT2D eigenvalue weighted by Gasteiger charge is -2.33. The van der Waals surface area contributed by atoms with E-state index in [0.29, 0.717) is 25.9 Å². The number of nitrogens with one attached hydrogen (secondary N) is 1. The van der Waals surface area contributed by atoms with E-state index >= 15 is 0 Å². The molecule has 1 fully saturated rings. The molecule has 0 spiro atoms. The Labute approximate surface area is 106 Å². The van der Waals surface area contributed by atoms with Gasteiger partial charge in [0.1, 0.15) is 5.54 Å². The fraction of sp³-hybridized carbons (Fsp3) is 0.818. The minimum Gasteiger partial charge on any atom is -0.479 e. The van der Waals surface area contributed by atoms with Crippen LogP contribution in [0.4, 0.5) is 4.79 Å². The number of urea groups is 1. The molecule has 1 atom stereocenters. The Morgan fingerprint density at radius 1 is 1.53 bits per heavy atom. The maximum Gasteiger partial charge on any atom is 0.329 e. The molecule has 6 heteroatoms. The lowest BCUT2D eigenvalue weighted by molar-refractivity contribution is -0.148. The van der Waals surface area contributed by atoms with Gasteiger partial charge in [-0.3, -0.25) is 0 Å². The van der Waals surface area contributed by atoms with Crippen LogP contribution in [0, 0.1) is 0 Å². The van der Waals surface area contributed by atoms with Crippen LogP contribution in [0.2, 0.25) is 0 Å². The summed E-state index contributed by atoms with van der Waals surface area (Å²) in [5, 5.41) is 12.1. The molecule has 2 N–H and O–H groups in total. The van der Waals surface area contributed by atoms with E-state index in [9.17, 15) is 14.7 Å². The van der Waals surface area contributed by atoms with Crippen LogP contribution in [-0.4, -0.2) is 52.6 Å². The summed E-state index contributed by atoms with van der Waals surface area (Å²) in [7, 11) is 0. The second-order valence-electron chi connectivity index (χ2n) is 4.17. The summed E-state index contributed by atoms with van der Waals surface area (Å²) in [6.07, 6.45) is 3.73. The van der Waals surface area contributed by atoms with E-state index in [2.05, 4.69) is 5.32 Å². The maximum absolute atomic E-state index is 11.9. The molecule has 1 aliphatic heterocycles. The van der Waals surface area contributed by atoms with E-state index in [-0.39, 0.29) is 6.03 Å². The molecular weight excluding hydrogens is 240 g/mol. The summed E-state index contributed by atoms with van der Waals surface area (Å²) in [4.78, 5) is 24.8. The van der Waals surface area contributed by atoms with Crippen molar-refractivity contribution in [2.45, 2.75) is 31.7 Å². The van der Waals surface area contributed by atoms with Gasteiger partial charge in [0.05, 0.1) is 0 Å². The molecule has 2 amide bonds. The molecule has 98 valence electrons. The number of nitrogens with zero attached hydrogens (tertiary/aromatic N) is 1. The first-order valence-electron chi connectivity index (χ1n) is 5.86. The molecule has 0 aromatic carbocycles. The number of aliphatic carboxylic acids is 1. The Hall–Kier alpha value is -0.910. The number of hydrogen-bond acceptors (Lipinski definition) is 3. The van der Waals surface area contributed by atoms with E-state index in [1.54, 1.807) is 11.8 Å². The Morgan fingerprint density at radius 2 is 2.24 bits per heavy atom. The molecule has 5 nitrogen and oxygen atoms in total. The zero-order valence-corrected chi connectivity index (χ0v) is 11.2. The van der Waals surface area contributed by atoms with Crippen molar-refractivity contribution in [1.82, 2.24) is 10.2 Å². The van der Waals surface area contributed by atoms with Crippen LogP contribution in [0.1, 0.15) is 26.2 Å². The second kappa shape index (κ2) is 6.14. The van der Waals surface area contributed by atoms with Crippen molar-refractivity contribution in [3.8, 4) is 0 Å². The Morgan fingerprint density at radius 3 is 2.76 bits per heavy atom. The lowest BCUT2D eigenvalue weighted by atomic mass is 9.93. The van der Waals surface area contributed by atoms with Gasteiger partial charge < -0.3 is 15.3 Å². The van der Waals surface area contributed by atoms with Crippen LogP contribution in [0.5, 0.6) is 0 Å². The molecule has 1 heterocycles. The molecule has 0 saturated carbocycles.